The van der Waals surface area contributed by atoms with E-state index in [1.54, 1.807) is 32.4 Å². The zero-order valence-corrected chi connectivity index (χ0v) is 16.2. The number of aromatic amines is 1. The van der Waals surface area contributed by atoms with Gasteiger partial charge in [0.2, 0.25) is 0 Å². The van der Waals surface area contributed by atoms with E-state index in [0.29, 0.717) is 22.9 Å². The maximum Gasteiger partial charge on any atom is 0.323 e. The number of urea groups is 1. The summed E-state index contributed by atoms with van der Waals surface area (Å²) in [5.41, 5.74) is 4.20. The Balaban J connectivity index is 1.56. The molecule has 0 aliphatic heterocycles. The normalized spacial score (nSPS) is 10.6. The van der Waals surface area contributed by atoms with E-state index in [1.807, 2.05) is 42.5 Å². The Labute approximate surface area is 168 Å². The third kappa shape index (κ3) is 3.87. The van der Waals surface area contributed by atoms with Crippen molar-refractivity contribution in [2.24, 2.45) is 0 Å². The molecule has 1 aromatic heterocycles. The monoisotopic (exact) mass is 387 g/mol. The van der Waals surface area contributed by atoms with Gasteiger partial charge in [0.1, 0.15) is 0 Å². The first-order valence-electron chi connectivity index (χ1n) is 9.15. The summed E-state index contributed by atoms with van der Waals surface area (Å²) in [4.78, 5) is 16.0. The maximum atomic E-state index is 12.6. The van der Waals surface area contributed by atoms with Gasteiger partial charge in [0.25, 0.3) is 0 Å². The van der Waals surface area contributed by atoms with E-state index in [4.69, 9.17) is 9.47 Å². The molecule has 0 unspecified atom stereocenters. The lowest BCUT2D eigenvalue weighted by Gasteiger charge is -2.13. The molecule has 146 valence electrons. The number of aromatic nitrogens is 1. The largest absolute Gasteiger partial charge is 0.493 e. The van der Waals surface area contributed by atoms with E-state index in [0.717, 1.165) is 22.2 Å². The molecule has 0 bridgehead atoms. The molecule has 29 heavy (non-hydrogen) atoms. The molecular weight excluding hydrogens is 366 g/mol. The van der Waals surface area contributed by atoms with Gasteiger partial charge in [-0.2, -0.15) is 0 Å². The van der Waals surface area contributed by atoms with Gasteiger partial charge in [-0.1, -0.05) is 36.4 Å². The molecule has 6 nitrogen and oxygen atoms in total. The molecule has 1 heterocycles. The van der Waals surface area contributed by atoms with E-state index >= 15 is 0 Å². The van der Waals surface area contributed by atoms with E-state index in [9.17, 15) is 4.79 Å². The van der Waals surface area contributed by atoms with Crippen LogP contribution in [0.3, 0.4) is 0 Å². The van der Waals surface area contributed by atoms with Crippen LogP contribution in [0.25, 0.3) is 22.2 Å². The number of ether oxygens (including phenoxy) is 2. The minimum Gasteiger partial charge on any atom is -0.493 e. The number of benzene rings is 3. The summed E-state index contributed by atoms with van der Waals surface area (Å²) in [6.07, 6.45) is 0. The van der Waals surface area contributed by atoms with Gasteiger partial charge >= 0.3 is 6.03 Å². The number of amides is 2. The van der Waals surface area contributed by atoms with Gasteiger partial charge in [-0.05, 0) is 30.3 Å². The van der Waals surface area contributed by atoms with Crippen molar-refractivity contribution in [3.8, 4) is 22.8 Å². The van der Waals surface area contributed by atoms with Gasteiger partial charge < -0.3 is 25.1 Å². The van der Waals surface area contributed by atoms with Crippen molar-refractivity contribution in [2.75, 3.05) is 24.9 Å². The zero-order chi connectivity index (χ0) is 20.2. The molecule has 0 saturated carbocycles. The smallest absolute Gasteiger partial charge is 0.323 e. The number of rotatable bonds is 5. The standard InChI is InChI=1S/C23H21N3O3/c1-28-21-12-11-16(14-22(21)29-2)24-23(27)26-19-10-6-4-8-17(19)20-13-15-7-3-5-9-18(15)25-20/h3-14,25H,1-2H3,(H2,24,26,27). The summed E-state index contributed by atoms with van der Waals surface area (Å²) in [5, 5.41) is 6.87. The van der Waals surface area contributed by atoms with Crippen molar-refractivity contribution < 1.29 is 14.3 Å². The average Bonchev–Trinajstić information content (AvgIpc) is 3.18. The summed E-state index contributed by atoms with van der Waals surface area (Å²) < 4.78 is 10.5. The molecule has 0 spiro atoms. The molecule has 3 aromatic carbocycles. The summed E-state index contributed by atoms with van der Waals surface area (Å²) in [6.45, 7) is 0. The number of fused-ring (bicyclic) bond motifs is 1. The topological polar surface area (TPSA) is 75.4 Å². The van der Waals surface area contributed by atoms with Crippen molar-refractivity contribution in [1.29, 1.82) is 0 Å². The van der Waals surface area contributed by atoms with Crippen LogP contribution < -0.4 is 20.1 Å². The minimum absolute atomic E-state index is 0.346. The Kier molecular flexibility index (Phi) is 5.07. The first-order chi connectivity index (χ1) is 14.2. The molecule has 4 aromatic rings. The Morgan fingerprint density at radius 1 is 0.828 bits per heavy atom. The lowest BCUT2D eigenvalue weighted by molar-refractivity contribution is 0.262. The van der Waals surface area contributed by atoms with Gasteiger partial charge in [-0.3, -0.25) is 0 Å². The van der Waals surface area contributed by atoms with Crippen molar-refractivity contribution in [2.45, 2.75) is 0 Å². The summed E-state index contributed by atoms with van der Waals surface area (Å²) >= 11 is 0. The van der Waals surface area contributed by atoms with Crippen LogP contribution in [-0.2, 0) is 0 Å². The van der Waals surface area contributed by atoms with Crippen LogP contribution in [0.5, 0.6) is 11.5 Å². The van der Waals surface area contributed by atoms with Crippen LogP contribution in [0, 0.1) is 0 Å². The fraction of sp³-hybridized carbons (Fsp3) is 0.0870. The molecule has 2 amide bonds. The highest BCUT2D eigenvalue weighted by Gasteiger charge is 2.12. The second kappa shape index (κ2) is 7.98. The van der Waals surface area contributed by atoms with Crippen LogP contribution in [0.15, 0.2) is 72.8 Å². The number of hydrogen-bond donors (Lipinski definition) is 3. The van der Waals surface area contributed by atoms with E-state index in [1.165, 1.54) is 0 Å². The Hall–Kier alpha value is -3.93. The Morgan fingerprint density at radius 3 is 2.38 bits per heavy atom. The van der Waals surface area contributed by atoms with E-state index in [2.05, 4.69) is 27.8 Å². The second-order valence-electron chi connectivity index (χ2n) is 6.46. The fourth-order valence-electron chi connectivity index (χ4n) is 3.24. The molecule has 0 radical (unpaired) electrons. The summed E-state index contributed by atoms with van der Waals surface area (Å²) in [7, 11) is 3.12. The highest BCUT2D eigenvalue weighted by atomic mass is 16.5. The second-order valence-corrected chi connectivity index (χ2v) is 6.46. The van der Waals surface area contributed by atoms with Gasteiger partial charge in [-0.25, -0.2) is 4.79 Å². The molecule has 4 rings (SSSR count). The zero-order valence-electron chi connectivity index (χ0n) is 16.2. The quantitative estimate of drug-likeness (QED) is 0.423. The predicted molar refractivity (Wildman–Crippen MR) is 116 cm³/mol. The van der Waals surface area contributed by atoms with E-state index in [-0.39, 0.29) is 6.03 Å². The number of carbonyl (C=O) groups excluding carboxylic acids is 1. The lowest BCUT2D eigenvalue weighted by Crippen LogP contribution is -2.19. The number of carbonyl (C=O) groups is 1. The highest BCUT2D eigenvalue weighted by Crippen LogP contribution is 2.31. The third-order valence-electron chi connectivity index (χ3n) is 4.64. The molecule has 0 saturated heterocycles. The number of methoxy groups -OCH3 is 2. The van der Waals surface area contributed by atoms with Gasteiger partial charge in [0, 0.05) is 33.9 Å². The number of anilines is 2. The number of nitrogens with one attached hydrogen (secondary N) is 3. The van der Waals surface area contributed by atoms with Crippen molar-refractivity contribution in [3.63, 3.8) is 0 Å². The molecule has 0 aliphatic rings. The third-order valence-corrected chi connectivity index (χ3v) is 4.64. The number of H-pyrrole nitrogens is 1. The van der Waals surface area contributed by atoms with Crippen LogP contribution in [0.2, 0.25) is 0 Å². The van der Waals surface area contributed by atoms with Crippen molar-refractivity contribution >= 4 is 28.3 Å². The first kappa shape index (κ1) is 18.4. The summed E-state index contributed by atoms with van der Waals surface area (Å²) in [6, 6.07) is 22.7. The van der Waals surface area contributed by atoms with Crippen LogP contribution in [0.1, 0.15) is 0 Å². The van der Waals surface area contributed by atoms with Crippen LogP contribution >= 0.6 is 0 Å². The van der Waals surface area contributed by atoms with E-state index < -0.39 is 0 Å². The molecule has 0 atom stereocenters. The molecular formula is C23H21N3O3. The minimum atomic E-state index is -0.346. The van der Waals surface area contributed by atoms with Gasteiger partial charge in [0.15, 0.2) is 11.5 Å². The van der Waals surface area contributed by atoms with Gasteiger partial charge in [-0.15, -0.1) is 0 Å². The lowest BCUT2D eigenvalue weighted by atomic mass is 10.1. The van der Waals surface area contributed by atoms with Crippen molar-refractivity contribution in [3.05, 3.63) is 72.8 Å². The number of para-hydroxylation sites is 2. The molecule has 0 aliphatic carbocycles. The first-order valence-corrected chi connectivity index (χ1v) is 9.15. The Morgan fingerprint density at radius 2 is 1.59 bits per heavy atom. The molecule has 3 N–H and O–H groups in total. The van der Waals surface area contributed by atoms with Gasteiger partial charge in [0.05, 0.1) is 19.9 Å². The summed E-state index contributed by atoms with van der Waals surface area (Å²) in [5.74, 6) is 1.14. The predicted octanol–water partition coefficient (Wildman–Crippen LogP) is 5.50. The van der Waals surface area contributed by atoms with Crippen LogP contribution in [-0.4, -0.2) is 25.2 Å². The van der Waals surface area contributed by atoms with Crippen molar-refractivity contribution in [1.82, 2.24) is 4.98 Å². The molecule has 0 fully saturated rings. The highest BCUT2D eigenvalue weighted by molar-refractivity contribution is 6.02. The SMILES string of the molecule is COc1ccc(NC(=O)Nc2ccccc2-c2cc3ccccc3[nH]2)cc1OC. The Bertz CT molecular complexity index is 1130. The fourth-order valence-corrected chi connectivity index (χ4v) is 3.24. The van der Waals surface area contributed by atoms with Crippen LogP contribution in [0.4, 0.5) is 16.2 Å². The average molecular weight is 387 g/mol. The maximum absolute atomic E-state index is 12.6. The number of hydrogen-bond acceptors (Lipinski definition) is 3. The molecule has 6 heteroatoms.